The standard InChI is InChI=1S/C25H38F4N4S/c1-7-18(10-11-24(5,26)27)17-33-21-9-8-19(16-20(21)30-22(33)23(2,3)4)31(6)34-32-14-12-25(28,29)13-15-32/h8-9,16,18H,7,10-15,17H2,1-6H3. The molecule has 1 atom stereocenters. The Kier molecular flexibility index (Phi) is 8.17. The normalized spacial score (nSPS) is 18.4. The predicted octanol–water partition coefficient (Wildman–Crippen LogP) is 7.53. The molecule has 192 valence electrons. The predicted molar refractivity (Wildman–Crippen MR) is 134 cm³/mol. The van der Waals surface area contributed by atoms with Crippen molar-refractivity contribution in [3.8, 4) is 0 Å². The number of halogens is 4. The van der Waals surface area contributed by atoms with Gasteiger partial charge in [0, 0.05) is 63.5 Å². The average Bonchev–Trinajstić information content (AvgIpc) is 3.10. The van der Waals surface area contributed by atoms with Gasteiger partial charge < -0.3 is 8.87 Å². The molecule has 0 spiro atoms. The van der Waals surface area contributed by atoms with Gasteiger partial charge in [-0.15, -0.1) is 0 Å². The second kappa shape index (κ2) is 10.2. The SMILES string of the molecule is CCC(CCC(C)(F)F)Cn1c(C(C)(C)C)nc2cc(N(C)SN3CCC(F)(F)CC3)ccc21. The fraction of sp³-hybridized carbons (Fsp3) is 0.720. The van der Waals surface area contributed by atoms with Gasteiger partial charge in [0.25, 0.3) is 5.92 Å². The quantitative estimate of drug-likeness (QED) is 0.261. The Morgan fingerprint density at radius 1 is 1.15 bits per heavy atom. The molecule has 1 aliphatic heterocycles. The van der Waals surface area contributed by atoms with Crippen molar-refractivity contribution < 1.29 is 17.6 Å². The number of benzene rings is 1. The monoisotopic (exact) mass is 502 g/mol. The minimum Gasteiger partial charge on any atom is -0.327 e. The first-order chi connectivity index (χ1) is 15.7. The number of alkyl halides is 4. The summed E-state index contributed by atoms with van der Waals surface area (Å²) in [5, 5.41) is 0. The summed E-state index contributed by atoms with van der Waals surface area (Å²) < 4.78 is 60.1. The maximum Gasteiger partial charge on any atom is 0.250 e. The lowest BCUT2D eigenvalue weighted by Gasteiger charge is -2.33. The van der Waals surface area contributed by atoms with Crippen molar-refractivity contribution in [2.45, 2.75) is 90.5 Å². The Bertz CT molecular complexity index is 954. The second-order valence-electron chi connectivity index (χ2n) is 10.7. The minimum absolute atomic E-state index is 0.114. The molecule has 4 nitrogen and oxygen atoms in total. The van der Waals surface area contributed by atoms with E-state index in [0.717, 1.165) is 35.9 Å². The second-order valence-corrected chi connectivity index (χ2v) is 11.9. The van der Waals surface area contributed by atoms with E-state index in [1.165, 1.54) is 12.1 Å². The Balaban J connectivity index is 1.83. The summed E-state index contributed by atoms with van der Waals surface area (Å²) in [4.78, 5) is 4.96. The molecule has 9 heteroatoms. The van der Waals surface area contributed by atoms with Crippen LogP contribution in [0.25, 0.3) is 11.0 Å². The highest BCUT2D eigenvalue weighted by Crippen LogP contribution is 2.35. The van der Waals surface area contributed by atoms with Crippen LogP contribution in [0.2, 0.25) is 0 Å². The number of hydrogen-bond donors (Lipinski definition) is 0. The first-order valence-electron chi connectivity index (χ1n) is 12.1. The van der Waals surface area contributed by atoms with Crippen molar-refractivity contribution in [2.24, 2.45) is 5.92 Å². The topological polar surface area (TPSA) is 24.3 Å². The van der Waals surface area contributed by atoms with Crippen LogP contribution in [0.5, 0.6) is 0 Å². The fourth-order valence-electron chi connectivity index (χ4n) is 4.33. The fourth-order valence-corrected chi connectivity index (χ4v) is 5.23. The van der Waals surface area contributed by atoms with E-state index in [9.17, 15) is 17.6 Å². The first kappa shape index (κ1) is 27.1. The van der Waals surface area contributed by atoms with Crippen molar-refractivity contribution in [3.63, 3.8) is 0 Å². The van der Waals surface area contributed by atoms with E-state index in [1.54, 1.807) is 0 Å². The van der Waals surface area contributed by atoms with Crippen molar-refractivity contribution in [2.75, 3.05) is 24.4 Å². The summed E-state index contributed by atoms with van der Waals surface area (Å²) >= 11 is 1.45. The highest BCUT2D eigenvalue weighted by atomic mass is 32.2. The number of imidazole rings is 1. The molecule has 3 rings (SSSR count). The lowest BCUT2D eigenvalue weighted by molar-refractivity contribution is -0.0399. The van der Waals surface area contributed by atoms with Gasteiger partial charge in [0.2, 0.25) is 5.92 Å². The minimum atomic E-state index is -2.65. The summed E-state index contributed by atoms with van der Waals surface area (Å²) in [6.07, 6.45) is 0.947. The van der Waals surface area contributed by atoms with Gasteiger partial charge in [-0.05, 0) is 37.5 Å². The number of aromatic nitrogens is 2. The first-order valence-corrected chi connectivity index (χ1v) is 12.8. The van der Waals surface area contributed by atoms with Crippen LogP contribution in [0.15, 0.2) is 18.2 Å². The molecule has 0 amide bonds. The van der Waals surface area contributed by atoms with Gasteiger partial charge in [0.15, 0.2) is 0 Å². The van der Waals surface area contributed by atoms with Gasteiger partial charge in [-0.2, -0.15) is 0 Å². The molecule has 2 heterocycles. The molecular weight excluding hydrogens is 464 g/mol. The number of piperidine rings is 1. The van der Waals surface area contributed by atoms with Crippen LogP contribution in [-0.2, 0) is 12.0 Å². The van der Waals surface area contributed by atoms with Gasteiger partial charge in [0.05, 0.1) is 16.7 Å². The number of rotatable bonds is 9. The van der Waals surface area contributed by atoms with Crippen molar-refractivity contribution in [1.82, 2.24) is 13.9 Å². The molecule has 0 aliphatic carbocycles. The zero-order valence-corrected chi connectivity index (χ0v) is 22.0. The molecule has 1 unspecified atom stereocenters. The summed E-state index contributed by atoms with van der Waals surface area (Å²) in [5.41, 5.74) is 2.59. The third-order valence-electron chi connectivity index (χ3n) is 6.47. The molecule has 0 N–H and O–H groups in total. The molecule has 1 saturated heterocycles. The lowest BCUT2D eigenvalue weighted by atomic mass is 9.94. The molecule has 1 fully saturated rings. The molecule has 2 aromatic rings. The third-order valence-corrected chi connectivity index (χ3v) is 7.52. The van der Waals surface area contributed by atoms with Gasteiger partial charge in [0.1, 0.15) is 5.82 Å². The largest absolute Gasteiger partial charge is 0.327 e. The van der Waals surface area contributed by atoms with E-state index >= 15 is 0 Å². The van der Waals surface area contributed by atoms with Gasteiger partial charge in [-0.1, -0.05) is 34.1 Å². The molecule has 0 bridgehead atoms. The van der Waals surface area contributed by atoms with Crippen molar-refractivity contribution in [3.05, 3.63) is 24.0 Å². The number of hydrogen-bond acceptors (Lipinski definition) is 4. The highest BCUT2D eigenvalue weighted by molar-refractivity contribution is 7.98. The van der Waals surface area contributed by atoms with Crippen LogP contribution in [0.4, 0.5) is 23.2 Å². The van der Waals surface area contributed by atoms with Crippen molar-refractivity contribution >= 4 is 28.9 Å². The smallest absolute Gasteiger partial charge is 0.250 e. The summed E-state index contributed by atoms with van der Waals surface area (Å²) in [6.45, 7) is 10.7. The zero-order chi connectivity index (χ0) is 25.3. The average molecular weight is 503 g/mol. The molecule has 0 radical (unpaired) electrons. The van der Waals surface area contributed by atoms with Crippen LogP contribution in [0.1, 0.15) is 72.5 Å². The third kappa shape index (κ3) is 7.03. The Hall–Kier alpha value is -1.48. The lowest BCUT2D eigenvalue weighted by Crippen LogP contribution is -2.37. The van der Waals surface area contributed by atoms with Gasteiger partial charge in [-0.25, -0.2) is 26.9 Å². The molecule has 34 heavy (non-hydrogen) atoms. The van der Waals surface area contributed by atoms with Gasteiger partial charge >= 0.3 is 0 Å². The summed E-state index contributed by atoms with van der Waals surface area (Å²) in [5.74, 6) is -4.14. The summed E-state index contributed by atoms with van der Waals surface area (Å²) in [7, 11) is 1.93. The van der Waals surface area contributed by atoms with Crippen LogP contribution in [0.3, 0.4) is 0 Å². The highest BCUT2D eigenvalue weighted by Gasteiger charge is 2.35. The molecule has 1 aliphatic rings. The van der Waals surface area contributed by atoms with E-state index in [2.05, 4.69) is 32.3 Å². The molecule has 1 aromatic carbocycles. The van der Waals surface area contributed by atoms with E-state index < -0.39 is 11.8 Å². The Morgan fingerprint density at radius 2 is 1.79 bits per heavy atom. The van der Waals surface area contributed by atoms with E-state index in [-0.39, 0.29) is 30.6 Å². The summed E-state index contributed by atoms with van der Waals surface area (Å²) in [6, 6.07) is 6.07. The number of anilines is 1. The Labute approximate surface area is 205 Å². The zero-order valence-electron chi connectivity index (χ0n) is 21.2. The van der Waals surface area contributed by atoms with E-state index in [1.807, 2.05) is 33.9 Å². The van der Waals surface area contributed by atoms with Gasteiger partial charge in [-0.3, -0.25) is 0 Å². The maximum absolute atomic E-state index is 13.5. The van der Waals surface area contributed by atoms with Crippen LogP contribution < -0.4 is 4.31 Å². The molecule has 0 saturated carbocycles. The van der Waals surface area contributed by atoms with E-state index in [0.29, 0.717) is 26.1 Å². The van der Waals surface area contributed by atoms with Crippen LogP contribution in [0, 0.1) is 5.92 Å². The molecule has 1 aromatic heterocycles. The number of fused-ring (bicyclic) bond motifs is 1. The van der Waals surface area contributed by atoms with Crippen LogP contribution in [-0.4, -0.2) is 45.8 Å². The van der Waals surface area contributed by atoms with Crippen molar-refractivity contribution in [1.29, 1.82) is 0 Å². The Morgan fingerprint density at radius 3 is 2.35 bits per heavy atom. The molecular formula is C25H38F4N4S. The van der Waals surface area contributed by atoms with E-state index in [4.69, 9.17) is 4.98 Å². The number of nitrogens with zero attached hydrogens (tertiary/aromatic N) is 4. The maximum atomic E-state index is 13.5. The van der Waals surface area contributed by atoms with Crippen LogP contribution >= 0.6 is 12.1 Å².